The van der Waals surface area contributed by atoms with Gasteiger partial charge in [-0.1, -0.05) is 60.7 Å². The summed E-state index contributed by atoms with van der Waals surface area (Å²) in [6, 6.07) is 20.2. The Hall–Kier alpha value is -2.88. The summed E-state index contributed by atoms with van der Waals surface area (Å²) in [4.78, 5) is 16.5. The zero-order valence-corrected chi connectivity index (χ0v) is 13.6. The van der Waals surface area contributed by atoms with E-state index in [9.17, 15) is 4.79 Å². The van der Waals surface area contributed by atoms with E-state index >= 15 is 0 Å². The van der Waals surface area contributed by atoms with Crippen molar-refractivity contribution in [2.75, 3.05) is 0 Å². The van der Waals surface area contributed by atoms with Crippen LogP contribution >= 0.6 is 0 Å². The van der Waals surface area contributed by atoms with Crippen molar-refractivity contribution in [1.82, 2.24) is 10.3 Å². The predicted octanol–water partition coefficient (Wildman–Crippen LogP) is 3.82. The molecule has 0 atom stereocenters. The summed E-state index contributed by atoms with van der Waals surface area (Å²) >= 11 is 0. The van der Waals surface area contributed by atoms with E-state index in [-0.39, 0.29) is 11.8 Å². The van der Waals surface area contributed by atoms with Crippen molar-refractivity contribution in [3.63, 3.8) is 0 Å². The molecular formula is C20H20N2O2. The third kappa shape index (κ3) is 3.90. The van der Waals surface area contributed by atoms with Crippen LogP contribution < -0.4 is 5.32 Å². The standard InChI is InChI=1S/C20H20N2O2/c1-15-19(24-14-22-15)13-21-20(23)12-18(16-8-4-2-5-9-16)17-10-6-3-7-11-17/h2-11,14,18H,12-13H2,1H3,(H,21,23). The molecule has 1 N–H and O–H groups in total. The summed E-state index contributed by atoms with van der Waals surface area (Å²) in [5.41, 5.74) is 3.07. The number of amides is 1. The Kier molecular flexibility index (Phi) is 5.06. The van der Waals surface area contributed by atoms with Crippen LogP contribution in [0.3, 0.4) is 0 Å². The molecule has 4 nitrogen and oxygen atoms in total. The van der Waals surface area contributed by atoms with Gasteiger partial charge in [-0.2, -0.15) is 0 Å². The van der Waals surface area contributed by atoms with Crippen molar-refractivity contribution in [3.05, 3.63) is 89.6 Å². The van der Waals surface area contributed by atoms with Crippen molar-refractivity contribution in [2.45, 2.75) is 25.8 Å². The second-order valence-corrected chi connectivity index (χ2v) is 5.72. The maximum Gasteiger partial charge on any atom is 0.221 e. The molecule has 3 rings (SSSR count). The average Bonchev–Trinajstić information content (AvgIpc) is 3.04. The molecule has 0 bridgehead atoms. The predicted molar refractivity (Wildman–Crippen MR) is 92.4 cm³/mol. The van der Waals surface area contributed by atoms with Gasteiger partial charge in [-0.05, 0) is 18.1 Å². The molecule has 1 heterocycles. The Bertz CT molecular complexity index is 742. The van der Waals surface area contributed by atoms with Gasteiger partial charge >= 0.3 is 0 Å². The fourth-order valence-corrected chi connectivity index (χ4v) is 2.73. The molecule has 0 aliphatic rings. The van der Waals surface area contributed by atoms with E-state index in [1.54, 1.807) is 0 Å². The van der Waals surface area contributed by atoms with Gasteiger partial charge in [0.05, 0.1) is 12.2 Å². The van der Waals surface area contributed by atoms with Gasteiger partial charge in [0, 0.05) is 12.3 Å². The Morgan fingerprint density at radius 1 is 1.04 bits per heavy atom. The maximum absolute atomic E-state index is 12.4. The molecule has 0 radical (unpaired) electrons. The van der Waals surface area contributed by atoms with Crippen LogP contribution in [0.1, 0.15) is 34.9 Å². The van der Waals surface area contributed by atoms with Crippen LogP contribution in [0.5, 0.6) is 0 Å². The van der Waals surface area contributed by atoms with Crippen LogP contribution in [0.25, 0.3) is 0 Å². The second-order valence-electron chi connectivity index (χ2n) is 5.72. The molecule has 2 aromatic carbocycles. The number of hydrogen-bond donors (Lipinski definition) is 1. The molecule has 0 fully saturated rings. The van der Waals surface area contributed by atoms with Crippen molar-refractivity contribution in [3.8, 4) is 0 Å². The highest BCUT2D eigenvalue weighted by atomic mass is 16.3. The number of oxazole rings is 1. The lowest BCUT2D eigenvalue weighted by Crippen LogP contribution is -2.25. The first-order valence-corrected chi connectivity index (χ1v) is 7.99. The molecular weight excluding hydrogens is 300 g/mol. The normalized spacial score (nSPS) is 10.8. The van der Waals surface area contributed by atoms with Gasteiger partial charge in [0.2, 0.25) is 5.91 Å². The van der Waals surface area contributed by atoms with Crippen LogP contribution in [0.4, 0.5) is 0 Å². The van der Waals surface area contributed by atoms with E-state index in [0.29, 0.717) is 18.7 Å². The average molecular weight is 320 g/mol. The van der Waals surface area contributed by atoms with Crippen LogP contribution in [0, 0.1) is 6.92 Å². The molecule has 122 valence electrons. The van der Waals surface area contributed by atoms with E-state index in [1.165, 1.54) is 6.39 Å². The molecule has 0 unspecified atom stereocenters. The zero-order valence-electron chi connectivity index (χ0n) is 13.6. The Morgan fingerprint density at radius 3 is 2.12 bits per heavy atom. The highest BCUT2D eigenvalue weighted by Crippen LogP contribution is 2.27. The van der Waals surface area contributed by atoms with Crippen LogP contribution in [-0.4, -0.2) is 10.9 Å². The summed E-state index contributed by atoms with van der Waals surface area (Å²) in [5.74, 6) is 0.714. The number of carbonyl (C=O) groups is 1. The van der Waals surface area contributed by atoms with E-state index in [2.05, 4.69) is 34.6 Å². The van der Waals surface area contributed by atoms with Crippen LogP contribution in [0.2, 0.25) is 0 Å². The zero-order chi connectivity index (χ0) is 16.8. The number of rotatable bonds is 6. The minimum absolute atomic E-state index is 0.0106. The first-order valence-electron chi connectivity index (χ1n) is 7.99. The van der Waals surface area contributed by atoms with E-state index in [1.807, 2.05) is 43.3 Å². The van der Waals surface area contributed by atoms with Crippen molar-refractivity contribution in [1.29, 1.82) is 0 Å². The molecule has 0 aliphatic carbocycles. The lowest BCUT2D eigenvalue weighted by molar-refractivity contribution is -0.121. The largest absolute Gasteiger partial charge is 0.446 e. The molecule has 3 aromatic rings. The summed E-state index contributed by atoms with van der Waals surface area (Å²) in [7, 11) is 0. The maximum atomic E-state index is 12.4. The number of aryl methyl sites for hydroxylation is 1. The third-order valence-electron chi connectivity index (χ3n) is 4.08. The first-order chi connectivity index (χ1) is 11.7. The highest BCUT2D eigenvalue weighted by molar-refractivity contribution is 5.77. The monoisotopic (exact) mass is 320 g/mol. The lowest BCUT2D eigenvalue weighted by atomic mass is 9.88. The molecule has 24 heavy (non-hydrogen) atoms. The van der Waals surface area contributed by atoms with Crippen LogP contribution in [-0.2, 0) is 11.3 Å². The minimum atomic E-state index is -0.0106. The van der Waals surface area contributed by atoms with Gasteiger partial charge in [-0.25, -0.2) is 4.98 Å². The summed E-state index contributed by atoms with van der Waals surface area (Å²) in [6.45, 7) is 2.22. The smallest absolute Gasteiger partial charge is 0.221 e. The Balaban J connectivity index is 1.72. The highest BCUT2D eigenvalue weighted by Gasteiger charge is 2.18. The summed E-state index contributed by atoms with van der Waals surface area (Å²) in [5, 5.41) is 2.92. The van der Waals surface area contributed by atoms with E-state index < -0.39 is 0 Å². The van der Waals surface area contributed by atoms with Gasteiger partial charge in [-0.3, -0.25) is 4.79 Å². The number of benzene rings is 2. The van der Waals surface area contributed by atoms with Crippen molar-refractivity contribution in [2.24, 2.45) is 0 Å². The molecule has 0 aliphatic heterocycles. The molecule has 0 spiro atoms. The minimum Gasteiger partial charge on any atom is -0.446 e. The Morgan fingerprint density at radius 2 is 1.62 bits per heavy atom. The second kappa shape index (κ2) is 7.59. The van der Waals surface area contributed by atoms with E-state index in [4.69, 9.17) is 4.42 Å². The van der Waals surface area contributed by atoms with Crippen molar-refractivity contribution < 1.29 is 9.21 Å². The van der Waals surface area contributed by atoms with Gasteiger partial charge in [0.25, 0.3) is 0 Å². The quantitative estimate of drug-likeness (QED) is 0.751. The Labute approximate surface area is 141 Å². The van der Waals surface area contributed by atoms with Gasteiger partial charge in [0.15, 0.2) is 6.39 Å². The van der Waals surface area contributed by atoms with Gasteiger partial charge in [0.1, 0.15) is 5.76 Å². The fourth-order valence-electron chi connectivity index (χ4n) is 2.73. The molecule has 0 saturated heterocycles. The fraction of sp³-hybridized carbons (Fsp3) is 0.200. The molecule has 0 saturated carbocycles. The first kappa shape index (κ1) is 16.0. The molecule has 1 amide bonds. The van der Waals surface area contributed by atoms with Gasteiger partial charge in [-0.15, -0.1) is 0 Å². The molecule has 1 aromatic heterocycles. The molecule has 4 heteroatoms. The number of hydrogen-bond acceptors (Lipinski definition) is 3. The number of carbonyl (C=O) groups excluding carboxylic acids is 1. The van der Waals surface area contributed by atoms with E-state index in [0.717, 1.165) is 16.8 Å². The number of nitrogens with one attached hydrogen (secondary N) is 1. The third-order valence-corrected chi connectivity index (χ3v) is 4.08. The number of nitrogens with zero attached hydrogens (tertiary/aromatic N) is 1. The van der Waals surface area contributed by atoms with Gasteiger partial charge < -0.3 is 9.73 Å². The summed E-state index contributed by atoms with van der Waals surface area (Å²) < 4.78 is 5.26. The summed E-state index contributed by atoms with van der Waals surface area (Å²) in [6.07, 6.45) is 1.79. The topological polar surface area (TPSA) is 55.1 Å². The van der Waals surface area contributed by atoms with Crippen LogP contribution in [0.15, 0.2) is 71.5 Å². The van der Waals surface area contributed by atoms with Crippen molar-refractivity contribution >= 4 is 5.91 Å². The SMILES string of the molecule is Cc1ncoc1CNC(=O)CC(c1ccccc1)c1ccccc1. The number of aromatic nitrogens is 1. The lowest BCUT2D eigenvalue weighted by Gasteiger charge is -2.17.